The maximum absolute atomic E-state index is 12.4. The van der Waals surface area contributed by atoms with Crippen LogP contribution in [0.25, 0.3) is 11.0 Å². The number of fused-ring (bicyclic) bond motifs is 1. The van der Waals surface area contributed by atoms with E-state index in [4.69, 9.17) is 9.15 Å². The van der Waals surface area contributed by atoms with Gasteiger partial charge in [0.25, 0.3) is 5.91 Å². The molecule has 1 fully saturated rings. The van der Waals surface area contributed by atoms with Crippen LogP contribution in [-0.2, 0) is 9.53 Å². The molecule has 2 amide bonds. The van der Waals surface area contributed by atoms with E-state index in [0.717, 1.165) is 16.7 Å². The second kappa shape index (κ2) is 6.42. The lowest BCUT2D eigenvalue weighted by Gasteiger charge is -2.16. The minimum atomic E-state index is -0.169. The van der Waals surface area contributed by atoms with Crippen LogP contribution in [0.5, 0.6) is 0 Å². The zero-order valence-corrected chi connectivity index (χ0v) is 13.3. The predicted molar refractivity (Wildman–Crippen MR) is 85.3 cm³/mol. The van der Waals surface area contributed by atoms with Crippen LogP contribution in [0.2, 0.25) is 0 Å². The van der Waals surface area contributed by atoms with Crippen molar-refractivity contribution >= 4 is 22.8 Å². The lowest BCUT2D eigenvalue weighted by atomic mass is 10.1. The van der Waals surface area contributed by atoms with Gasteiger partial charge in [-0.05, 0) is 31.2 Å². The number of aryl methyl sites for hydroxylation is 1. The lowest BCUT2D eigenvalue weighted by Crippen LogP contribution is -2.37. The van der Waals surface area contributed by atoms with Gasteiger partial charge in [0, 0.05) is 37.6 Å². The zero-order valence-electron chi connectivity index (χ0n) is 13.3. The Morgan fingerprint density at radius 2 is 2.26 bits per heavy atom. The number of furan rings is 1. The Hall–Kier alpha value is -2.34. The van der Waals surface area contributed by atoms with Gasteiger partial charge < -0.3 is 19.4 Å². The molecule has 1 aliphatic heterocycles. The van der Waals surface area contributed by atoms with E-state index in [1.54, 1.807) is 30.2 Å². The molecule has 1 N–H and O–H groups in total. The van der Waals surface area contributed by atoms with Gasteiger partial charge in [0.15, 0.2) is 0 Å². The molecule has 6 nitrogen and oxygen atoms in total. The van der Waals surface area contributed by atoms with E-state index >= 15 is 0 Å². The first-order valence-electron chi connectivity index (χ1n) is 7.64. The maximum Gasteiger partial charge on any atom is 0.251 e. The first kappa shape index (κ1) is 15.6. The number of amides is 2. The number of benzene rings is 1. The Balaban J connectivity index is 1.65. The smallest absolute Gasteiger partial charge is 0.251 e. The van der Waals surface area contributed by atoms with Crippen molar-refractivity contribution in [3.8, 4) is 0 Å². The van der Waals surface area contributed by atoms with Crippen LogP contribution in [0.4, 0.5) is 0 Å². The third kappa shape index (κ3) is 3.37. The van der Waals surface area contributed by atoms with E-state index in [0.29, 0.717) is 31.7 Å². The monoisotopic (exact) mass is 316 g/mol. The van der Waals surface area contributed by atoms with Gasteiger partial charge in [0.1, 0.15) is 11.3 Å². The normalized spacial score (nSPS) is 17.9. The van der Waals surface area contributed by atoms with E-state index in [9.17, 15) is 9.59 Å². The number of nitrogens with zero attached hydrogens (tertiary/aromatic N) is 1. The number of rotatable bonds is 5. The molecular weight excluding hydrogens is 296 g/mol. The van der Waals surface area contributed by atoms with E-state index in [1.165, 1.54) is 0 Å². The summed E-state index contributed by atoms with van der Waals surface area (Å²) in [5.41, 5.74) is 1.34. The Morgan fingerprint density at radius 1 is 1.43 bits per heavy atom. The molecule has 1 aromatic carbocycles. The summed E-state index contributed by atoms with van der Waals surface area (Å²) in [4.78, 5) is 26.0. The van der Waals surface area contributed by atoms with Crippen LogP contribution in [0.1, 0.15) is 22.5 Å². The minimum Gasteiger partial charge on any atom is -0.461 e. The molecule has 1 aromatic heterocycles. The van der Waals surface area contributed by atoms with Crippen molar-refractivity contribution in [2.75, 3.05) is 26.8 Å². The highest BCUT2D eigenvalue weighted by Gasteiger charge is 2.30. The molecule has 3 rings (SSSR count). The summed E-state index contributed by atoms with van der Waals surface area (Å²) >= 11 is 0. The molecular formula is C17H20N2O4. The molecule has 23 heavy (non-hydrogen) atoms. The van der Waals surface area contributed by atoms with E-state index in [2.05, 4.69) is 5.32 Å². The fourth-order valence-corrected chi connectivity index (χ4v) is 2.87. The second-order valence-electron chi connectivity index (χ2n) is 5.82. The highest BCUT2D eigenvalue weighted by Crippen LogP contribution is 2.20. The molecule has 0 bridgehead atoms. The molecule has 0 unspecified atom stereocenters. The van der Waals surface area contributed by atoms with Gasteiger partial charge in [0.2, 0.25) is 5.91 Å². The summed E-state index contributed by atoms with van der Waals surface area (Å²) < 4.78 is 10.5. The molecule has 2 aromatic rings. The molecule has 0 radical (unpaired) electrons. The Bertz CT molecular complexity index is 737. The fourth-order valence-electron chi connectivity index (χ4n) is 2.87. The number of carbonyl (C=O) groups excluding carboxylic acids is 2. The predicted octanol–water partition coefficient (Wildman–Crippen LogP) is 1.72. The van der Waals surface area contributed by atoms with Crippen LogP contribution >= 0.6 is 0 Å². The van der Waals surface area contributed by atoms with Gasteiger partial charge >= 0.3 is 0 Å². The lowest BCUT2D eigenvalue weighted by molar-refractivity contribution is -0.128. The maximum atomic E-state index is 12.4. The molecule has 6 heteroatoms. The average molecular weight is 316 g/mol. The van der Waals surface area contributed by atoms with Crippen LogP contribution in [0.3, 0.4) is 0 Å². The van der Waals surface area contributed by atoms with Gasteiger partial charge in [-0.15, -0.1) is 0 Å². The number of carbonyl (C=O) groups is 2. The topological polar surface area (TPSA) is 71.8 Å². The Morgan fingerprint density at radius 3 is 3.04 bits per heavy atom. The zero-order chi connectivity index (χ0) is 16.4. The SMILES string of the molecule is COCCN1C[C@@H](NC(=O)c2ccc3oc(C)cc3c2)CC1=O. The number of hydrogen-bond acceptors (Lipinski definition) is 4. The van der Waals surface area contributed by atoms with Gasteiger partial charge in [-0.3, -0.25) is 9.59 Å². The summed E-state index contributed by atoms with van der Waals surface area (Å²) in [5, 5.41) is 3.83. The molecule has 122 valence electrons. The van der Waals surface area contributed by atoms with Gasteiger partial charge in [0.05, 0.1) is 12.6 Å². The first-order chi connectivity index (χ1) is 11.1. The number of methoxy groups -OCH3 is 1. The highest BCUT2D eigenvalue weighted by atomic mass is 16.5. The number of likely N-dealkylation sites (tertiary alicyclic amines) is 1. The standard InChI is InChI=1S/C17H20N2O4/c1-11-7-13-8-12(3-4-15(13)23-11)17(21)18-14-9-16(20)19(10-14)5-6-22-2/h3-4,7-8,14H,5-6,9-10H2,1-2H3,(H,18,21)/t14-/m0/s1. The average Bonchev–Trinajstić information content (AvgIpc) is 3.05. The van der Waals surface area contributed by atoms with Gasteiger partial charge in [-0.1, -0.05) is 0 Å². The van der Waals surface area contributed by atoms with Crippen molar-refractivity contribution < 1.29 is 18.7 Å². The highest BCUT2D eigenvalue weighted by molar-refractivity contribution is 5.98. The van der Waals surface area contributed by atoms with Crippen LogP contribution in [0.15, 0.2) is 28.7 Å². The largest absolute Gasteiger partial charge is 0.461 e. The number of ether oxygens (including phenoxy) is 1. The third-order valence-electron chi connectivity index (χ3n) is 4.02. The molecule has 1 aliphatic rings. The van der Waals surface area contributed by atoms with E-state index in [-0.39, 0.29) is 17.9 Å². The van der Waals surface area contributed by atoms with Crippen molar-refractivity contribution in [3.05, 3.63) is 35.6 Å². The van der Waals surface area contributed by atoms with Crippen LogP contribution < -0.4 is 5.32 Å². The summed E-state index contributed by atoms with van der Waals surface area (Å²) in [6.07, 6.45) is 0.336. The second-order valence-corrected chi connectivity index (χ2v) is 5.82. The molecule has 2 heterocycles. The van der Waals surface area contributed by atoms with Crippen molar-refractivity contribution in [2.45, 2.75) is 19.4 Å². The van der Waals surface area contributed by atoms with Crippen LogP contribution in [0, 0.1) is 6.92 Å². The molecule has 1 saturated heterocycles. The third-order valence-corrected chi connectivity index (χ3v) is 4.02. The van der Waals surface area contributed by atoms with Crippen molar-refractivity contribution in [3.63, 3.8) is 0 Å². The Kier molecular flexibility index (Phi) is 4.34. The van der Waals surface area contributed by atoms with Gasteiger partial charge in [-0.25, -0.2) is 0 Å². The number of nitrogens with one attached hydrogen (secondary N) is 1. The fraction of sp³-hybridized carbons (Fsp3) is 0.412. The summed E-state index contributed by atoms with van der Waals surface area (Å²) in [6.45, 7) is 3.46. The molecule has 1 atom stereocenters. The first-order valence-corrected chi connectivity index (χ1v) is 7.64. The van der Waals surface area contributed by atoms with Crippen molar-refractivity contribution in [2.24, 2.45) is 0 Å². The van der Waals surface area contributed by atoms with Gasteiger partial charge in [-0.2, -0.15) is 0 Å². The summed E-state index contributed by atoms with van der Waals surface area (Å²) in [5.74, 6) is 0.693. The van der Waals surface area contributed by atoms with Crippen LogP contribution in [-0.4, -0.2) is 49.6 Å². The molecule has 0 spiro atoms. The quantitative estimate of drug-likeness (QED) is 0.911. The van der Waals surface area contributed by atoms with Crippen molar-refractivity contribution in [1.29, 1.82) is 0 Å². The molecule has 0 aliphatic carbocycles. The van der Waals surface area contributed by atoms with E-state index < -0.39 is 0 Å². The minimum absolute atomic E-state index is 0.0493. The van der Waals surface area contributed by atoms with E-state index in [1.807, 2.05) is 13.0 Å². The van der Waals surface area contributed by atoms with Crippen molar-refractivity contribution in [1.82, 2.24) is 10.2 Å². The Labute approximate surface area is 134 Å². The summed E-state index contributed by atoms with van der Waals surface area (Å²) in [6, 6.07) is 7.08. The number of hydrogen-bond donors (Lipinski definition) is 1. The molecule has 0 saturated carbocycles. The summed E-state index contributed by atoms with van der Waals surface area (Å²) in [7, 11) is 1.60.